The van der Waals surface area contributed by atoms with Crippen molar-refractivity contribution < 1.29 is 23.5 Å². The van der Waals surface area contributed by atoms with E-state index in [1.165, 1.54) is 19.2 Å². The number of methoxy groups -OCH3 is 2. The summed E-state index contributed by atoms with van der Waals surface area (Å²) in [6, 6.07) is 11.3. The van der Waals surface area contributed by atoms with Crippen LogP contribution in [0.15, 0.2) is 42.5 Å². The van der Waals surface area contributed by atoms with Gasteiger partial charge < -0.3 is 19.3 Å². The largest absolute Gasteiger partial charge is 0.493 e. The van der Waals surface area contributed by atoms with Crippen LogP contribution in [0.25, 0.3) is 0 Å². The summed E-state index contributed by atoms with van der Waals surface area (Å²) in [7, 11) is 3.08. The fourth-order valence-electron chi connectivity index (χ4n) is 3.37. The first-order valence-corrected chi connectivity index (χ1v) is 9.55. The molecule has 2 aromatic rings. The molecule has 1 aliphatic rings. The van der Waals surface area contributed by atoms with Crippen LogP contribution in [0.3, 0.4) is 0 Å². The van der Waals surface area contributed by atoms with Gasteiger partial charge in [-0.1, -0.05) is 12.1 Å². The number of ether oxygens (including phenoxy) is 2. The molecule has 0 bridgehead atoms. The van der Waals surface area contributed by atoms with Crippen LogP contribution < -0.4 is 9.47 Å². The molecule has 3 rings (SSSR count). The van der Waals surface area contributed by atoms with Gasteiger partial charge in [0.1, 0.15) is 5.82 Å². The van der Waals surface area contributed by atoms with Crippen molar-refractivity contribution in [2.45, 2.75) is 12.8 Å². The average molecular weight is 400 g/mol. The van der Waals surface area contributed by atoms with Crippen molar-refractivity contribution in [2.75, 3.05) is 40.4 Å². The second-order valence-corrected chi connectivity index (χ2v) is 6.87. The van der Waals surface area contributed by atoms with Crippen molar-refractivity contribution in [3.05, 3.63) is 59.4 Å². The lowest BCUT2D eigenvalue weighted by atomic mass is 10.1. The van der Waals surface area contributed by atoms with Gasteiger partial charge in [-0.25, -0.2) is 4.39 Å². The number of rotatable bonds is 6. The highest BCUT2D eigenvalue weighted by Crippen LogP contribution is 2.28. The summed E-state index contributed by atoms with van der Waals surface area (Å²) in [6.45, 7) is 1.97. The van der Waals surface area contributed by atoms with Crippen LogP contribution in [0, 0.1) is 5.82 Å². The number of aryl methyl sites for hydroxylation is 1. The number of benzene rings is 2. The third-order valence-corrected chi connectivity index (χ3v) is 5.09. The van der Waals surface area contributed by atoms with Gasteiger partial charge in [0.25, 0.3) is 5.91 Å². The van der Waals surface area contributed by atoms with Gasteiger partial charge in [0.15, 0.2) is 11.5 Å². The number of amides is 2. The van der Waals surface area contributed by atoms with Crippen LogP contribution in [-0.2, 0) is 11.2 Å². The van der Waals surface area contributed by atoms with E-state index in [0.29, 0.717) is 56.1 Å². The van der Waals surface area contributed by atoms with Crippen LogP contribution in [0.1, 0.15) is 22.3 Å². The third-order valence-electron chi connectivity index (χ3n) is 5.09. The Morgan fingerprint density at radius 1 is 0.897 bits per heavy atom. The Balaban J connectivity index is 1.52. The molecule has 0 N–H and O–H groups in total. The Hall–Kier alpha value is -3.09. The lowest BCUT2D eigenvalue weighted by Gasteiger charge is -2.35. The summed E-state index contributed by atoms with van der Waals surface area (Å²) in [5.74, 6) is 0.751. The van der Waals surface area contributed by atoms with Gasteiger partial charge in [0.2, 0.25) is 5.91 Å². The molecule has 0 aromatic heterocycles. The van der Waals surface area contributed by atoms with Crippen molar-refractivity contribution in [3.8, 4) is 11.5 Å². The fraction of sp³-hybridized carbons (Fsp3) is 0.364. The van der Waals surface area contributed by atoms with Gasteiger partial charge in [-0.3, -0.25) is 9.59 Å². The van der Waals surface area contributed by atoms with Crippen molar-refractivity contribution >= 4 is 11.8 Å². The Morgan fingerprint density at radius 3 is 2.14 bits per heavy atom. The van der Waals surface area contributed by atoms with Crippen molar-refractivity contribution in [1.82, 2.24) is 9.80 Å². The molecule has 7 heteroatoms. The monoisotopic (exact) mass is 400 g/mol. The minimum absolute atomic E-state index is 0.0486. The Morgan fingerprint density at radius 2 is 1.52 bits per heavy atom. The third kappa shape index (κ3) is 5.04. The molecular formula is C22H25FN2O4. The van der Waals surface area contributed by atoms with Crippen molar-refractivity contribution in [1.29, 1.82) is 0 Å². The molecule has 0 atom stereocenters. The van der Waals surface area contributed by atoms with E-state index in [9.17, 15) is 14.0 Å². The van der Waals surface area contributed by atoms with Gasteiger partial charge in [-0.05, 0) is 42.3 Å². The highest BCUT2D eigenvalue weighted by molar-refractivity contribution is 5.95. The normalized spacial score (nSPS) is 13.9. The molecule has 0 saturated carbocycles. The molecule has 0 radical (unpaired) electrons. The number of carbonyl (C=O) groups excluding carboxylic acids is 2. The summed E-state index contributed by atoms with van der Waals surface area (Å²) < 4.78 is 23.4. The fourth-order valence-corrected chi connectivity index (χ4v) is 3.37. The van der Waals surface area contributed by atoms with Crippen LogP contribution >= 0.6 is 0 Å². The molecule has 2 amide bonds. The Bertz CT molecular complexity index is 862. The highest BCUT2D eigenvalue weighted by atomic mass is 19.1. The van der Waals surface area contributed by atoms with E-state index in [2.05, 4.69) is 0 Å². The lowest BCUT2D eigenvalue weighted by Crippen LogP contribution is -2.50. The van der Waals surface area contributed by atoms with Crippen LogP contribution in [0.4, 0.5) is 4.39 Å². The molecule has 1 heterocycles. The molecule has 0 spiro atoms. The highest BCUT2D eigenvalue weighted by Gasteiger charge is 2.25. The quantitative estimate of drug-likeness (QED) is 0.748. The molecule has 154 valence electrons. The average Bonchev–Trinajstić information content (AvgIpc) is 2.77. The first-order chi connectivity index (χ1) is 14.0. The predicted molar refractivity (Wildman–Crippen MR) is 107 cm³/mol. The van der Waals surface area contributed by atoms with E-state index in [4.69, 9.17) is 9.47 Å². The summed E-state index contributed by atoms with van der Waals surface area (Å²) in [5, 5.41) is 0. The zero-order valence-electron chi connectivity index (χ0n) is 16.7. The van der Waals surface area contributed by atoms with Crippen molar-refractivity contribution in [2.24, 2.45) is 0 Å². The van der Waals surface area contributed by atoms with Gasteiger partial charge in [-0.2, -0.15) is 0 Å². The van der Waals surface area contributed by atoms with E-state index in [0.717, 1.165) is 5.56 Å². The van der Waals surface area contributed by atoms with Gasteiger partial charge >= 0.3 is 0 Å². The number of nitrogens with zero attached hydrogens (tertiary/aromatic N) is 2. The minimum Gasteiger partial charge on any atom is -0.493 e. The molecule has 2 aromatic carbocycles. The van der Waals surface area contributed by atoms with Crippen LogP contribution in [-0.4, -0.2) is 62.0 Å². The zero-order valence-corrected chi connectivity index (χ0v) is 16.7. The maximum atomic E-state index is 13.0. The summed E-state index contributed by atoms with van der Waals surface area (Å²) >= 11 is 0. The molecular weight excluding hydrogens is 375 g/mol. The topological polar surface area (TPSA) is 59.1 Å². The second kappa shape index (κ2) is 9.41. The molecule has 29 heavy (non-hydrogen) atoms. The van der Waals surface area contributed by atoms with Gasteiger partial charge in [0, 0.05) is 38.2 Å². The molecule has 0 aliphatic carbocycles. The van der Waals surface area contributed by atoms with Gasteiger partial charge in [0.05, 0.1) is 14.2 Å². The van der Waals surface area contributed by atoms with Crippen LogP contribution in [0.5, 0.6) is 11.5 Å². The summed E-state index contributed by atoms with van der Waals surface area (Å²) in [4.78, 5) is 28.8. The van der Waals surface area contributed by atoms with E-state index in [-0.39, 0.29) is 17.6 Å². The summed E-state index contributed by atoms with van der Waals surface area (Å²) in [5.41, 5.74) is 1.46. The molecule has 1 aliphatic heterocycles. The second-order valence-electron chi connectivity index (χ2n) is 6.87. The van der Waals surface area contributed by atoms with E-state index in [1.54, 1.807) is 47.2 Å². The molecule has 6 nitrogen and oxygen atoms in total. The standard InChI is InChI=1S/C22H25FN2O4/c1-28-19-9-6-17(15-20(19)29-2)22(27)25-13-11-24(12-14-25)21(26)10-5-16-3-7-18(23)8-4-16/h3-4,6-9,15H,5,10-14H2,1-2H3. The number of piperazine rings is 1. The Kier molecular flexibility index (Phi) is 6.69. The van der Waals surface area contributed by atoms with Crippen molar-refractivity contribution in [3.63, 3.8) is 0 Å². The van der Waals surface area contributed by atoms with E-state index in [1.807, 2.05) is 0 Å². The maximum Gasteiger partial charge on any atom is 0.254 e. The first kappa shape index (κ1) is 20.6. The predicted octanol–water partition coefficient (Wildman–Crippen LogP) is 2.76. The lowest BCUT2D eigenvalue weighted by molar-refractivity contribution is -0.132. The van der Waals surface area contributed by atoms with E-state index >= 15 is 0 Å². The van der Waals surface area contributed by atoms with Crippen LogP contribution in [0.2, 0.25) is 0 Å². The molecule has 1 saturated heterocycles. The molecule has 0 unspecified atom stereocenters. The zero-order chi connectivity index (χ0) is 20.8. The minimum atomic E-state index is -0.282. The Labute approximate surface area is 169 Å². The maximum absolute atomic E-state index is 13.0. The van der Waals surface area contributed by atoms with Gasteiger partial charge in [-0.15, -0.1) is 0 Å². The number of halogens is 1. The SMILES string of the molecule is COc1ccc(C(=O)N2CCN(C(=O)CCc3ccc(F)cc3)CC2)cc1OC. The smallest absolute Gasteiger partial charge is 0.254 e. The van der Waals surface area contributed by atoms with E-state index < -0.39 is 0 Å². The summed E-state index contributed by atoms with van der Waals surface area (Å²) in [6.07, 6.45) is 0.944. The molecule has 1 fully saturated rings. The number of hydrogen-bond acceptors (Lipinski definition) is 4. The number of hydrogen-bond donors (Lipinski definition) is 0. The first-order valence-electron chi connectivity index (χ1n) is 9.55. The number of carbonyl (C=O) groups is 2.